The minimum Gasteiger partial charge on any atom is -0.350 e. The van der Waals surface area contributed by atoms with E-state index in [1.54, 1.807) is 0 Å². The number of hydrogen-bond donors (Lipinski definition) is 0. The molecule has 0 aromatic rings. The van der Waals surface area contributed by atoms with Gasteiger partial charge in [0.1, 0.15) is 0 Å². The van der Waals surface area contributed by atoms with Crippen LogP contribution in [0.15, 0.2) is 0 Å². The highest BCUT2D eigenvalue weighted by atomic mass is 16.7. The highest BCUT2D eigenvalue weighted by Gasteiger charge is 2.14. The van der Waals surface area contributed by atoms with Crippen molar-refractivity contribution in [2.75, 3.05) is 0 Å². The maximum atomic E-state index is 6.08. The van der Waals surface area contributed by atoms with E-state index in [2.05, 4.69) is 13.8 Å². The molecule has 1 fully saturated rings. The van der Waals surface area contributed by atoms with E-state index in [-0.39, 0.29) is 12.4 Å². The van der Waals surface area contributed by atoms with Gasteiger partial charge in [-0.1, -0.05) is 57.8 Å². The van der Waals surface area contributed by atoms with Crippen LogP contribution in [0.1, 0.15) is 91.4 Å². The summed E-state index contributed by atoms with van der Waals surface area (Å²) >= 11 is 0. The minimum absolute atomic E-state index is 0.0575. The van der Waals surface area contributed by atoms with E-state index in [0.29, 0.717) is 6.10 Å². The van der Waals surface area contributed by atoms with Crippen molar-refractivity contribution >= 4 is 0 Å². The zero-order chi connectivity index (χ0) is 13.9. The van der Waals surface area contributed by atoms with Crippen LogP contribution in [0.5, 0.6) is 0 Å². The summed E-state index contributed by atoms with van der Waals surface area (Å²) in [6.07, 6.45) is 15.5. The summed E-state index contributed by atoms with van der Waals surface area (Å²) in [5.74, 6) is 0. The van der Waals surface area contributed by atoms with E-state index in [9.17, 15) is 0 Å². The molecule has 0 aliphatic heterocycles. The van der Waals surface area contributed by atoms with Gasteiger partial charge in [0.2, 0.25) is 0 Å². The SMILES string of the molecule is CC(C)OC(C)OC1CCCCCCCCCCC1. The quantitative estimate of drug-likeness (QED) is 0.633. The molecule has 0 bridgehead atoms. The van der Waals surface area contributed by atoms with Crippen molar-refractivity contribution < 1.29 is 9.47 Å². The van der Waals surface area contributed by atoms with E-state index in [1.807, 2.05) is 6.92 Å². The van der Waals surface area contributed by atoms with Gasteiger partial charge in [0.05, 0.1) is 12.2 Å². The molecule has 0 spiro atoms. The smallest absolute Gasteiger partial charge is 0.155 e. The van der Waals surface area contributed by atoms with Crippen LogP contribution in [0.4, 0.5) is 0 Å². The third-order valence-corrected chi connectivity index (χ3v) is 3.90. The molecule has 2 nitrogen and oxygen atoms in total. The second-order valence-electron chi connectivity index (χ2n) is 6.27. The van der Waals surface area contributed by atoms with Gasteiger partial charge in [-0.3, -0.25) is 0 Å². The minimum atomic E-state index is -0.0575. The Hall–Kier alpha value is -0.0800. The Kier molecular flexibility index (Phi) is 9.54. The number of hydrogen-bond acceptors (Lipinski definition) is 2. The Morgan fingerprint density at radius 3 is 1.53 bits per heavy atom. The van der Waals surface area contributed by atoms with Crippen LogP contribution in [-0.4, -0.2) is 18.5 Å². The van der Waals surface area contributed by atoms with E-state index >= 15 is 0 Å². The molecule has 0 amide bonds. The van der Waals surface area contributed by atoms with Crippen molar-refractivity contribution in [2.24, 2.45) is 0 Å². The molecule has 2 heteroatoms. The second-order valence-corrected chi connectivity index (χ2v) is 6.27. The van der Waals surface area contributed by atoms with Gasteiger partial charge >= 0.3 is 0 Å². The standard InChI is InChI=1S/C17H34O2/c1-15(2)18-16(3)19-17-13-11-9-7-5-4-6-8-10-12-14-17/h15-17H,4-14H2,1-3H3. The van der Waals surface area contributed by atoms with Crippen LogP contribution in [0, 0.1) is 0 Å². The van der Waals surface area contributed by atoms with Crippen molar-refractivity contribution in [1.29, 1.82) is 0 Å². The Balaban J connectivity index is 2.29. The van der Waals surface area contributed by atoms with Crippen LogP contribution in [0.25, 0.3) is 0 Å². The normalized spacial score (nSPS) is 22.7. The molecule has 0 aromatic carbocycles. The van der Waals surface area contributed by atoms with Crippen LogP contribution < -0.4 is 0 Å². The molecule has 0 aromatic heterocycles. The van der Waals surface area contributed by atoms with Gasteiger partial charge in [0, 0.05) is 0 Å². The van der Waals surface area contributed by atoms with Gasteiger partial charge in [-0.15, -0.1) is 0 Å². The van der Waals surface area contributed by atoms with Crippen LogP contribution in [0.2, 0.25) is 0 Å². The largest absolute Gasteiger partial charge is 0.350 e. The third kappa shape index (κ3) is 9.45. The summed E-state index contributed by atoms with van der Waals surface area (Å²) in [5.41, 5.74) is 0. The first-order valence-corrected chi connectivity index (χ1v) is 8.49. The molecule has 0 saturated heterocycles. The molecule has 1 rings (SSSR count). The lowest BCUT2D eigenvalue weighted by atomic mass is 9.99. The van der Waals surface area contributed by atoms with Gasteiger partial charge in [-0.25, -0.2) is 0 Å². The first kappa shape index (κ1) is 17.0. The maximum Gasteiger partial charge on any atom is 0.155 e. The summed E-state index contributed by atoms with van der Waals surface area (Å²) in [6, 6.07) is 0. The molecule has 19 heavy (non-hydrogen) atoms. The monoisotopic (exact) mass is 270 g/mol. The summed E-state index contributed by atoms with van der Waals surface area (Å²) in [5, 5.41) is 0. The molecule has 1 unspecified atom stereocenters. The fraction of sp³-hybridized carbons (Fsp3) is 1.00. The lowest BCUT2D eigenvalue weighted by Gasteiger charge is -2.24. The molecule has 0 radical (unpaired) electrons. The van der Waals surface area contributed by atoms with E-state index < -0.39 is 0 Å². The molecular weight excluding hydrogens is 236 g/mol. The molecule has 0 N–H and O–H groups in total. The van der Waals surface area contributed by atoms with E-state index in [4.69, 9.17) is 9.47 Å². The second kappa shape index (κ2) is 10.7. The van der Waals surface area contributed by atoms with Gasteiger partial charge in [0.25, 0.3) is 0 Å². The maximum absolute atomic E-state index is 6.08. The summed E-state index contributed by atoms with van der Waals surface area (Å²) < 4.78 is 11.8. The number of rotatable bonds is 4. The average molecular weight is 270 g/mol. The molecule has 1 atom stereocenters. The van der Waals surface area contributed by atoms with Crippen molar-refractivity contribution in [3.8, 4) is 0 Å². The first-order chi connectivity index (χ1) is 9.18. The Bertz CT molecular complexity index is 191. The van der Waals surface area contributed by atoms with Gasteiger partial charge < -0.3 is 9.47 Å². The molecule has 1 saturated carbocycles. The lowest BCUT2D eigenvalue weighted by Crippen LogP contribution is -2.25. The molecule has 1 aliphatic carbocycles. The van der Waals surface area contributed by atoms with E-state index in [1.165, 1.54) is 70.6 Å². The zero-order valence-electron chi connectivity index (χ0n) is 13.3. The Morgan fingerprint density at radius 2 is 1.11 bits per heavy atom. The fourth-order valence-corrected chi connectivity index (χ4v) is 2.95. The molecule has 0 heterocycles. The fourth-order valence-electron chi connectivity index (χ4n) is 2.95. The predicted molar refractivity (Wildman–Crippen MR) is 81.3 cm³/mol. The van der Waals surface area contributed by atoms with E-state index in [0.717, 1.165) is 0 Å². The summed E-state index contributed by atoms with van der Waals surface area (Å²) in [6.45, 7) is 6.18. The Labute approximate surface area is 120 Å². The van der Waals surface area contributed by atoms with Crippen molar-refractivity contribution in [2.45, 2.75) is 110 Å². The number of ether oxygens (including phenoxy) is 2. The highest BCUT2D eigenvalue weighted by Crippen LogP contribution is 2.20. The van der Waals surface area contributed by atoms with Crippen molar-refractivity contribution in [1.82, 2.24) is 0 Å². The summed E-state index contributed by atoms with van der Waals surface area (Å²) in [7, 11) is 0. The summed E-state index contributed by atoms with van der Waals surface area (Å²) in [4.78, 5) is 0. The van der Waals surface area contributed by atoms with Gasteiger partial charge in [0.15, 0.2) is 6.29 Å². The van der Waals surface area contributed by atoms with Crippen LogP contribution >= 0.6 is 0 Å². The van der Waals surface area contributed by atoms with Crippen molar-refractivity contribution in [3.05, 3.63) is 0 Å². The molecule has 114 valence electrons. The zero-order valence-corrected chi connectivity index (χ0v) is 13.3. The predicted octanol–water partition coefficient (Wildman–Crippen LogP) is 5.45. The van der Waals surface area contributed by atoms with Crippen molar-refractivity contribution in [3.63, 3.8) is 0 Å². The third-order valence-electron chi connectivity index (χ3n) is 3.90. The van der Waals surface area contributed by atoms with Crippen LogP contribution in [0.3, 0.4) is 0 Å². The van der Waals surface area contributed by atoms with Gasteiger partial charge in [-0.2, -0.15) is 0 Å². The van der Waals surface area contributed by atoms with Gasteiger partial charge in [-0.05, 0) is 33.6 Å². The first-order valence-electron chi connectivity index (χ1n) is 8.49. The lowest BCUT2D eigenvalue weighted by molar-refractivity contribution is -0.180. The molecule has 1 aliphatic rings. The Morgan fingerprint density at radius 1 is 0.684 bits per heavy atom. The topological polar surface area (TPSA) is 18.5 Å². The van der Waals surface area contributed by atoms with Crippen LogP contribution in [-0.2, 0) is 9.47 Å². The highest BCUT2D eigenvalue weighted by molar-refractivity contribution is 4.62. The average Bonchev–Trinajstić information content (AvgIpc) is 2.31. The molecular formula is C17H34O2.